The van der Waals surface area contributed by atoms with Crippen molar-refractivity contribution in [3.05, 3.63) is 35.4 Å². The average molecular weight is 319 g/mol. The summed E-state index contributed by atoms with van der Waals surface area (Å²) >= 11 is 0. The molecule has 0 radical (unpaired) electrons. The van der Waals surface area contributed by atoms with Crippen LogP contribution in [0.2, 0.25) is 0 Å². The van der Waals surface area contributed by atoms with E-state index in [1.54, 1.807) is 0 Å². The van der Waals surface area contributed by atoms with Crippen LogP contribution in [0.3, 0.4) is 0 Å². The van der Waals surface area contributed by atoms with Crippen molar-refractivity contribution in [2.45, 2.75) is 26.2 Å². The minimum absolute atomic E-state index is 0. The highest BCUT2D eigenvalue weighted by molar-refractivity contribution is 5.85. The first-order valence-corrected chi connectivity index (χ1v) is 6.90. The summed E-state index contributed by atoms with van der Waals surface area (Å²) in [6.45, 7) is 4.54. The second-order valence-corrected chi connectivity index (χ2v) is 5.76. The van der Waals surface area contributed by atoms with Crippen LogP contribution >= 0.6 is 12.4 Å². The van der Waals surface area contributed by atoms with E-state index in [9.17, 15) is 13.6 Å². The Balaban J connectivity index is 0.00000220. The van der Waals surface area contributed by atoms with Gasteiger partial charge in [0.05, 0.1) is 6.42 Å². The number of amides is 1. The molecule has 2 N–H and O–H groups in total. The molecule has 0 aromatic heterocycles. The second kappa shape index (κ2) is 7.71. The van der Waals surface area contributed by atoms with Crippen LogP contribution in [0, 0.1) is 17.0 Å². The molecule has 21 heavy (non-hydrogen) atoms. The maximum Gasteiger partial charge on any atom is 0.224 e. The third-order valence-corrected chi connectivity index (χ3v) is 3.78. The van der Waals surface area contributed by atoms with Crippen LogP contribution in [0.15, 0.2) is 18.2 Å². The lowest BCUT2D eigenvalue weighted by atomic mass is 9.83. The Bertz CT molecular complexity index is 491. The van der Waals surface area contributed by atoms with Crippen molar-refractivity contribution in [1.82, 2.24) is 10.6 Å². The normalized spacial score (nSPS) is 21.5. The molecule has 1 atom stereocenters. The molecular formula is C15H21ClF2N2O. The Morgan fingerprint density at radius 2 is 2.19 bits per heavy atom. The number of benzene rings is 1. The molecule has 1 heterocycles. The van der Waals surface area contributed by atoms with E-state index in [0.29, 0.717) is 6.54 Å². The third-order valence-electron chi connectivity index (χ3n) is 3.78. The molecule has 1 unspecified atom stereocenters. The Kier molecular flexibility index (Phi) is 6.55. The molecule has 1 aliphatic rings. The Hall–Kier alpha value is -1.20. The molecule has 1 amide bonds. The fraction of sp³-hybridized carbons (Fsp3) is 0.533. The van der Waals surface area contributed by atoms with Crippen molar-refractivity contribution in [2.75, 3.05) is 19.6 Å². The predicted molar refractivity (Wildman–Crippen MR) is 80.5 cm³/mol. The smallest absolute Gasteiger partial charge is 0.224 e. The monoisotopic (exact) mass is 318 g/mol. The average Bonchev–Trinajstić information content (AvgIpc) is 2.43. The minimum atomic E-state index is -0.937. The molecule has 2 rings (SSSR count). The Labute approximate surface area is 129 Å². The van der Waals surface area contributed by atoms with Crippen molar-refractivity contribution < 1.29 is 13.6 Å². The lowest BCUT2D eigenvalue weighted by molar-refractivity contribution is -0.121. The number of nitrogens with one attached hydrogen (secondary N) is 2. The van der Waals surface area contributed by atoms with Crippen LogP contribution in [0.5, 0.6) is 0 Å². The number of halogens is 3. The Morgan fingerprint density at radius 3 is 2.86 bits per heavy atom. The van der Waals surface area contributed by atoms with Gasteiger partial charge in [-0.1, -0.05) is 19.1 Å². The summed E-state index contributed by atoms with van der Waals surface area (Å²) in [5.74, 6) is -2.13. The molecule has 1 saturated heterocycles. The van der Waals surface area contributed by atoms with Crippen LogP contribution in [0.4, 0.5) is 8.78 Å². The summed E-state index contributed by atoms with van der Waals surface area (Å²) in [7, 11) is 0. The highest BCUT2D eigenvalue weighted by Crippen LogP contribution is 2.24. The van der Waals surface area contributed by atoms with Gasteiger partial charge in [0.15, 0.2) is 11.6 Å². The molecule has 3 nitrogen and oxygen atoms in total. The molecular weight excluding hydrogens is 298 g/mol. The fourth-order valence-corrected chi connectivity index (χ4v) is 2.50. The maximum absolute atomic E-state index is 13.5. The Morgan fingerprint density at radius 1 is 1.43 bits per heavy atom. The highest BCUT2D eigenvalue weighted by Gasteiger charge is 2.27. The summed E-state index contributed by atoms with van der Waals surface area (Å²) in [6, 6.07) is 3.89. The second-order valence-electron chi connectivity index (χ2n) is 5.76. The standard InChI is InChI=1S/C15H20F2N2O.ClH/c1-15(6-3-7-18-9-15)10-19-13(20)8-11-4-2-5-12(16)14(11)17;/h2,4-5,18H,3,6-10H2,1H3,(H,19,20);1H. The molecule has 0 saturated carbocycles. The van der Waals surface area contributed by atoms with Gasteiger partial charge in [-0.25, -0.2) is 8.78 Å². The molecule has 118 valence electrons. The van der Waals surface area contributed by atoms with E-state index in [0.717, 1.165) is 32.0 Å². The zero-order valence-corrected chi connectivity index (χ0v) is 12.9. The number of piperidine rings is 1. The van der Waals surface area contributed by atoms with Gasteiger partial charge >= 0.3 is 0 Å². The zero-order valence-electron chi connectivity index (χ0n) is 12.0. The SMILES string of the molecule is CC1(CNC(=O)Cc2cccc(F)c2F)CCCNC1.Cl. The summed E-state index contributed by atoms with van der Waals surface area (Å²) in [6.07, 6.45) is 2.01. The van der Waals surface area contributed by atoms with E-state index in [4.69, 9.17) is 0 Å². The fourth-order valence-electron chi connectivity index (χ4n) is 2.50. The van der Waals surface area contributed by atoms with Crippen LogP contribution in [0.25, 0.3) is 0 Å². The van der Waals surface area contributed by atoms with E-state index in [2.05, 4.69) is 17.6 Å². The largest absolute Gasteiger partial charge is 0.355 e. The third kappa shape index (κ3) is 4.93. The van der Waals surface area contributed by atoms with Gasteiger partial charge in [0.25, 0.3) is 0 Å². The predicted octanol–water partition coefficient (Wildman–Crippen LogP) is 2.44. The molecule has 1 fully saturated rings. The first kappa shape index (κ1) is 17.9. The van der Waals surface area contributed by atoms with Crippen molar-refractivity contribution in [3.63, 3.8) is 0 Å². The summed E-state index contributed by atoms with van der Waals surface area (Å²) in [4.78, 5) is 11.8. The van der Waals surface area contributed by atoms with E-state index >= 15 is 0 Å². The van der Waals surface area contributed by atoms with Crippen LogP contribution in [0.1, 0.15) is 25.3 Å². The van der Waals surface area contributed by atoms with E-state index in [1.807, 2.05) is 0 Å². The summed E-state index contributed by atoms with van der Waals surface area (Å²) in [5.41, 5.74) is 0.128. The first-order chi connectivity index (χ1) is 9.50. The van der Waals surface area contributed by atoms with Gasteiger partial charge in [0, 0.05) is 18.7 Å². The molecule has 1 aromatic carbocycles. The minimum Gasteiger partial charge on any atom is -0.355 e. The summed E-state index contributed by atoms with van der Waals surface area (Å²) in [5, 5.41) is 6.12. The van der Waals surface area contributed by atoms with E-state index < -0.39 is 11.6 Å². The highest BCUT2D eigenvalue weighted by atomic mass is 35.5. The first-order valence-electron chi connectivity index (χ1n) is 6.90. The maximum atomic E-state index is 13.5. The molecule has 0 spiro atoms. The quantitative estimate of drug-likeness (QED) is 0.895. The molecule has 1 aliphatic heterocycles. The molecule has 6 heteroatoms. The van der Waals surface area contributed by atoms with Gasteiger partial charge in [0.2, 0.25) is 5.91 Å². The number of carbonyl (C=O) groups excluding carboxylic acids is 1. The number of hydrogen-bond acceptors (Lipinski definition) is 2. The van der Waals surface area contributed by atoms with Crippen molar-refractivity contribution in [1.29, 1.82) is 0 Å². The van der Waals surface area contributed by atoms with Gasteiger partial charge in [-0.2, -0.15) is 0 Å². The molecule has 0 bridgehead atoms. The molecule has 1 aromatic rings. The zero-order chi connectivity index (χ0) is 14.6. The number of hydrogen-bond donors (Lipinski definition) is 2. The van der Waals surface area contributed by atoms with Crippen LogP contribution in [-0.2, 0) is 11.2 Å². The van der Waals surface area contributed by atoms with Gasteiger partial charge < -0.3 is 10.6 Å². The van der Waals surface area contributed by atoms with Crippen molar-refractivity contribution in [3.8, 4) is 0 Å². The number of carbonyl (C=O) groups is 1. The lowest BCUT2D eigenvalue weighted by Crippen LogP contribution is -2.46. The van der Waals surface area contributed by atoms with Gasteiger partial charge in [-0.05, 0) is 30.9 Å². The molecule has 0 aliphatic carbocycles. The van der Waals surface area contributed by atoms with Gasteiger partial charge in [0.1, 0.15) is 0 Å². The van der Waals surface area contributed by atoms with E-state index in [1.165, 1.54) is 12.1 Å². The topological polar surface area (TPSA) is 41.1 Å². The van der Waals surface area contributed by atoms with Gasteiger partial charge in [-0.3, -0.25) is 4.79 Å². The van der Waals surface area contributed by atoms with E-state index in [-0.39, 0.29) is 35.7 Å². The van der Waals surface area contributed by atoms with Crippen LogP contribution < -0.4 is 10.6 Å². The van der Waals surface area contributed by atoms with Crippen molar-refractivity contribution in [2.24, 2.45) is 5.41 Å². The lowest BCUT2D eigenvalue weighted by Gasteiger charge is -2.34. The van der Waals surface area contributed by atoms with Crippen LogP contribution in [-0.4, -0.2) is 25.5 Å². The van der Waals surface area contributed by atoms with Crippen molar-refractivity contribution >= 4 is 18.3 Å². The number of rotatable bonds is 4. The van der Waals surface area contributed by atoms with Gasteiger partial charge in [-0.15, -0.1) is 12.4 Å². The summed E-state index contributed by atoms with van der Waals surface area (Å²) < 4.78 is 26.5.